The lowest BCUT2D eigenvalue weighted by atomic mass is 9.87. The summed E-state index contributed by atoms with van der Waals surface area (Å²) in [5, 5.41) is 2.84. The van der Waals surface area contributed by atoms with Crippen LogP contribution in [0.25, 0.3) is 0 Å². The Morgan fingerprint density at radius 2 is 1.52 bits per heavy atom. The second-order valence-corrected chi connectivity index (χ2v) is 7.18. The van der Waals surface area contributed by atoms with E-state index in [2.05, 4.69) is 26.1 Å². The molecule has 0 saturated carbocycles. The maximum absolute atomic E-state index is 12.2. The van der Waals surface area contributed by atoms with Crippen LogP contribution < -0.4 is 10.1 Å². The first-order valence-electron chi connectivity index (χ1n) is 9.10. The molecule has 0 fully saturated rings. The molecule has 0 atom stereocenters. The van der Waals surface area contributed by atoms with Gasteiger partial charge in [0.25, 0.3) is 5.91 Å². The quantitative estimate of drug-likeness (QED) is 0.592. The fourth-order valence-corrected chi connectivity index (χ4v) is 2.46. The van der Waals surface area contributed by atoms with E-state index in [0.29, 0.717) is 36.6 Å². The van der Waals surface area contributed by atoms with Gasteiger partial charge < -0.3 is 14.8 Å². The minimum Gasteiger partial charge on any atom is -0.492 e. The number of hydrogen-bond donors (Lipinski definition) is 1. The molecule has 5 heteroatoms. The zero-order chi connectivity index (χ0) is 19.9. The number of nitrogens with one attached hydrogen (secondary N) is 1. The number of amides is 1. The average Bonchev–Trinajstić information content (AvgIpc) is 2.65. The van der Waals surface area contributed by atoms with Crippen LogP contribution in [0.2, 0.25) is 0 Å². The van der Waals surface area contributed by atoms with Gasteiger partial charge in [-0.2, -0.15) is 0 Å². The van der Waals surface area contributed by atoms with Gasteiger partial charge in [0, 0.05) is 5.56 Å². The molecule has 0 aliphatic heterocycles. The molecule has 2 aromatic carbocycles. The van der Waals surface area contributed by atoms with E-state index in [1.807, 2.05) is 24.3 Å². The predicted molar refractivity (Wildman–Crippen MR) is 105 cm³/mol. The van der Waals surface area contributed by atoms with Crippen molar-refractivity contribution in [3.8, 4) is 5.75 Å². The third kappa shape index (κ3) is 6.13. The summed E-state index contributed by atoms with van der Waals surface area (Å²) in [6.07, 6.45) is 0. The van der Waals surface area contributed by atoms with Crippen LogP contribution in [0.5, 0.6) is 5.75 Å². The van der Waals surface area contributed by atoms with E-state index in [-0.39, 0.29) is 17.3 Å². The number of rotatable bonds is 7. The Kier molecular flexibility index (Phi) is 6.99. The highest BCUT2D eigenvalue weighted by molar-refractivity contribution is 5.94. The van der Waals surface area contributed by atoms with Crippen molar-refractivity contribution in [3.05, 3.63) is 65.2 Å². The van der Waals surface area contributed by atoms with E-state index >= 15 is 0 Å². The summed E-state index contributed by atoms with van der Waals surface area (Å²) < 4.78 is 10.5. The van der Waals surface area contributed by atoms with Crippen LogP contribution in [0.3, 0.4) is 0 Å². The summed E-state index contributed by atoms with van der Waals surface area (Å²) in [7, 11) is 0. The summed E-state index contributed by atoms with van der Waals surface area (Å²) in [5.74, 6) is 0.150. The van der Waals surface area contributed by atoms with Gasteiger partial charge in [0.1, 0.15) is 12.4 Å². The zero-order valence-electron chi connectivity index (χ0n) is 16.4. The van der Waals surface area contributed by atoms with Gasteiger partial charge in [-0.25, -0.2) is 4.79 Å². The van der Waals surface area contributed by atoms with Crippen LogP contribution in [0, 0.1) is 0 Å². The number of esters is 1. The normalized spacial score (nSPS) is 11.0. The molecule has 1 amide bonds. The SMILES string of the molecule is CCOC(=O)c1ccc(OCCNC(=O)c2ccc(C(C)(C)C)cc2)cc1. The standard InChI is InChI=1S/C22H27NO4/c1-5-26-21(25)17-8-12-19(13-9-17)27-15-14-23-20(24)16-6-10-18(11-7-16)22(2,3)4/h6-13H,5,14-15H2,1-4H3,(H,23,24). The molecule has 2 rings (SSSR count). The van der Waals surface area contributed by atoms with Crippen molar-refractivity contribution >= 4 is 11.9 Å². The molecule has 0 aliphatic carbocycles. The van der Waals surface area contributed by atoms with E-state index < -0.39 is 0 Å². The van der Waals surface area contributed by atoms with E-state index in [1.54, 1.807) is 31.2 Å². The molecule has 0 aliphatic rings. The zero-order valence-corrected chi connectivity index (χ0v) is 16.4. The number of benzene rings is 2. The highest BCUT2D eigenvalue weighted by atomic mass is 16.5. The molecule has 5 nitrogen and oxygen atoms in total. The fourth-order valence-electron chi connectivity index (χ4n) is 2.46. The molecule has 2 aromatic rings. The second kappa shape index (κ2) is 9.21. The maximum Gasteiger partial charge on any atom is 0.338 e. The van der Waals surface area contributed by atoms with E-state index in [4.69, 9.17) is 9.47 Å². The summed E-state index contributed by atoms with van der Waals surface area (Å²) in [6, 6.07) is 14.4. The topological polar surface area (TPSA) is 64.6 Å². The first kappa shape index (κ1) is 20.5. The Bertz CT molecular complexity index is 758. The van der Waals surface area contributed by atoms with Crippen LogP contribution >= 0.6 is 0 Å². The van der Waals surface area contributed by atoms with Crippen molar-refractivity contribution in [1.82, 2.24) is 5.32 Å². The number of ether oxygens (including phenoxy) is 2. The third-order valence-electron chi connectivity index (χ3n) is 4.03. The lowest BCUT2D eigenvalue weighted by Crippen LogP contribution is -2.28. The molecule has 0 spiro atoms. The molecule has 144 valence electrons. The average molecular weight is 369 g/mol. The van der Waals surface area contributed by atoms with E-state index in [1.165, 1.54) is 5.56 Å². The second-order valence-electron chi connectivity index (χ2n) is 7.18. The summed E-state index contributed by atoms with van der Waals surface area (Å²) in [6.45, 7) is 9.25. The van der Waals surface area contributed by atoms with Crippen molar-refractivity contribution in [3.63, 3.8) is 0 Å². The Morgan fingerprint density at radius 3 is 2.07 bits per heavy atom. The van der Waals surface area contributed by atoms with Crippen molar-refractivity contribution < 1.29 is 19.1 Å². The monoisotopic (exact) mass is 369 g/mol. The van der Waals surface area contributed by atoms with Gasteiger partial charge in [-0.05, 0) is 54.3 Å². The van der Waals surface area contributed by atoms with Crippen LogP contribution in [0.1, 0.15) is 54.0 Å². The Labute approximate surface area is 160 Å². The summed E-state index contributed by atoms with van der Waals surface area (Å²) >= 11 is 0. The molecular weight excluding hydrogens is 342 g/mol. The molecule has 27 heavy (non-hydrogen) atoms. The van der Waals surface area contributed by atoms with Crippen molar-refractivity contribution in [2.24, 2.45) is 0 Å². The first-order valence-corrected chi connectivity index (χ1v) is 9.10. The highest BCUT2D eigenvalue weighted by Gasteiger charge is 2.14. The molecule has 0 bridgehead atoms. The number of hydrogen-bond acceptors (Lipinski definition) is 4. The van der Waals surface area contributed by atoms with Crippen LogP contribution in [-0.4, -0.2) is 31.6 Å². The van der Waals surface area contributed by atoms with Gasteiger partial charge in [-0.15, -0.1) is 0 Å². The van der Waals surface area contributed by atoms with Crippen molar-refractivity contribution in [1.29, 1.82) is 0 Å². The van der Waals surface area contributed by atoms with Gasteiger partial charge >= 0.3 is 5.97 Å². The van der Waals surface area contributed by atoms with Crippen molar-refractivity contribution in [2.45, 2.75) is 33.1 Å². The largest absolute Gasteiger partial charge is 0.492 e. The predicted octanol–water partition coefficient (Wildman–Crippen LogP) is 3.97. The fraction of sp³-hybridized carbons (Fsp3) is 0.364. The van der Waals surface area contributed by atoms with Crippen LogP contribution in [0.15, 0.2) is 48.5 Å². The molecule has 1 N–H and O–H groups in total. The minimum absolute atomic E-state index is 0.0612. The van der Waals surface area contributed by atoms with Crippen LogP contribution in [0.4, 0.5) is 0 Å². The third-order valence-corrected chi connectivity index (χ3v) is 4.03. The Hall–Kier alpha value is -2.82. The van der Waals surface area contributed by atoms with Gasteiger partial charge in [-0.1, -0.05) is 32.9 Å². The minimum atomic E-state index is -0.353. The summed E-state index contributed by atoms with van der Waals surface area (Å²) in [4.78, 5) is 23.8. The summed E-state index contributed by atoms with van der Waals surface area (Å²) in [5.41, 5.74) is 2.36. The Morgan fingerprint density at radius 1 is 0.926 bits per heavy atom. The molecule has 0 heterocycles. The maximum atomic E-state index is 12.2. The first-order chi connectivity index (χ1) is 12.8. The number of carbonyl (C=O) groups excluding carboxylic acids is 2. The Balaban J connectivity index is 1.77. The van der Waals surface area contributed by atoms with Crippen LogP contribution in [-0.2, 0) is 10.2 Å². The molecule has 0 unspecified atom stereocenters. The van der Waals surface area contributed by atoms with E-state index in [0.717, 1.165) is 0 Å². The molecule has 0 saturated heterocycles. The number of carbonyl (C=O) groups is 2. The molecule has 0 radical (unpaired) electrons. The smallest absolute Gasteiger partial charge is 0.338 e. The van der Waals surface area contributed by atoms with Gasteiger partial charge in [-0.3, -0.25) is 4.79 Å². The van der Waals surface area contributed by atoms with Gasteiger partial charge in [0.05, 0.1) is 18.7 Å². The lowest BCUT2D eigenvalue weighted by Gasteiger charge is -2.19. The molecular formula is C22H27NO4. The van der Waals surface area contributed by atoms with Crippen molar-refractivity contribution in [2.75, 3.05) is 19.8 Å². The highest BCUT2D eigenvalue weighted by Crippen LogP contribution is 2.22. The van der Waals surface area contributed by atoms with Gasteiger partial charge in [0.15, 0.2) is 0 Å². The van der Waals surface area contributed by atoms with E-state index in [9.17, 15) is 9.59 Å². The molecule has 0 aromatic heterocycles. The lowest BCUT2D eigenvalue weighted by molar-refractivity contribution is 0.0526. The van der Waals surface area contributed by atoms with Gasteiger partial charge in [0.2, 0.25) is 0 Å².